The van der Waals surface area contributed by atoms with Gasteiger partial charge in [0.15, 0.2) is 5.13 Å². The van der Waals surface area contributed by atoms with E-state index in [2.05, 4.69) is 16.4 Å². The number of carbonyl (C=O) groups is 2. The number of nitrogens with zero attached hydrogens (tertiary/aromatic N) is 2. The van der Waals surface area contributed by atoms with E-state index in [0.29, 0.717) is 11.7 Å². The van der Waals surface area contributed by atoms with Gasteiger partial charge < -0.3 is 10.2 Å². The molecule has 0 radical (unpaired) electrons. The Kier molecular flexibility index (Phi) is 5.76. The lowest BCUT2D eigenvalue weighted by Crippen LogP contribution is -2.40. The van der Waals surface area contributed by atoms with E-state index in [9.17, 15) is 9.59 Å². The summed E-state index contributed by atoms with van der Waals surface area (Å²) in [5.41, 5.74) is 3.48. The van der Waals surface area contributed by atoms with Crippen LogP contribution in [0, 0.1) is 0 Å². The Bertz CT molecular complexity index is 851. The molecule has 6 heteroatoms. The quantitative estimate of drug-likeness (QED) is 0.841. The first kappa shape index (κ1) is 19.1. The van der Waals surface area contributed by atoms with Gasteiger partial charge in [-0.1, -0.05) is 37.1 Å². The van der Waals surface area contributed by atoms with Gasteiger partial charge in [-0.2, -0.15) is 0 Å². The summed E-state index contributed by atoms with van der Waals surface area (Å²) in [4.78, 5) is 32.8. The minimum Gasteiger partial charge on any atom is -0.335 e. The second-order valence-electron chi connectivity index (χ2n) is 7.73. The number of hydrogen-bond donors (Lipinski definition) is 1. The highest BCUT2D eigenvalue weighted by atomic mass is 32.1. The Morgan fingerprint density at radius 2 is 1.93 bits per heavy atom. The highest BCUT2D eigenvalue weighted by Gasteiger charge is 2.30. The van der Waals surface area contributed by atoms with E-state index in [-0.39, 0.29) is 24.3 Å². The summed E-state index contributed by atoms with van der Waals surface area (Å²) in [7, 11) is 0. The number of thiazole rings is 1. The van der Waals surface area contributed by atoms with Crippen LogP contribution in [0.5, 0.6) is 0 Å². The first-order valence-corrected chi connectivity index (χ1v) is 11.1. The van der Waals surface area contributed by atoms with Gasteiger partial charge in [0, 0.05) is 18.3 Å². The SMILES string of the molecule is CC(=O)N1CCc2ccccc2C1CC(=O)Nc1nc2c(s1)CCCCCC2. The van der Waals surface area contributed by atoms with Crippen LogP contribution in [0.4, 0.5) is 5.13 Å². The molecule has 148 valence electrons. The van der Waals surface area contributed by atoms with E-state index in [1.54, 1.807) is 18.3 Å². The molecule has 2 aliphatic rings. The van der Waals surface area contributed by atoms with Crippen molar-refractivity contribution < 1.29 is 9.59 Å². The number of anilines is 1. The van der Waals surface area contributed by atoms with Gasteiger partial charge >= 0.3 is 0 Å². The van der Waals surface area contributed by atoms with Crippen molar-refractivity contribution in [1.82, 2.24) is 9.88 Å². The highest BCUT2D eigenvalue weighted by Crippen LogP contribution is 2.33. The zero-order valence-corrected chi connectivity index (χ0v) is 17.2. The van der Waals surface area contributed by atoms with Crippen molar-refractivity contribution in [2.24, 2.45) is 0 Å². The van der Waals surface area contributed by atoms with Gasteiger partial charge in [-0.15, -0.1) is 11.3 Å². The monoisotopic (exact) mass is 397 g/mol. The van der Waals surface area contributed by atoms with E-state index in [0.717, 1.165) is 30.5 Å². The lowest BCUT2D eigenvalue weighted by Gasteiger charge is -2.36. The van der Waals surface area contributed by atoms with Crippen molar-refractivity contribution in [2.75, 3.05) is 11.9 Å². The molecule has 0 saturated heterocycles. The molecule has 0 spiro atoms. The molecule has 1 aliphatic carbocycles. The largest absolute Gasteiger partial charge is 0.335 e. The molecule has 0 saturated carbocycles. The normalized spacial score (nSPS) is 19.2. The van der Waals surface area contributed by atoms with Crippen LogP contribution in [0.3, 0.4) is 0 Å². The molecular formula is C22H27N3O2S. The lowest BCUT2D eigenvalue weighted by atomic mass is 9.90. The first-order valence-electron chi connectivity index (χ1n) is 10.3. The van der Waals surface area contributed by atoms with Gasteiger partial charge in [0.1, 0.15) is 0 Å². The summed E-state index contributed by atoms with van der Waals surface area (Å²) in [6.07, 6.45) is 8.11. The summed E-state index contributed by atoms with van der Waals surface area (Å²) in [6, 6.07) is 7.93. The van der Waals surface area contributed by atoms with Gasteiger partial charge in [-0.25, -0.2) is 4.98 Å². The van der Waals surface area contributed by atoms with Crippen LogP contribution in [-0.2, 0) is 28.9 Å². The Labute approximate surface area is 170 Å². The molecule has 1 unspecified atom stereocenters. The maximum Gasteiger partial charge on any atom is 0.228 e. The standard InChI is InChI=1S/C22H27N3O2S/c1-15(26)25-13-12-16-8-6-7-9-17(16)19(25)14-21(27)24-22-23-18-10-4-2-3-5-11-20(18)28-22/h6-9,19H,2-5,10-14H2,1H3,(H,23,24,27). The molecule has 0 fully saturated rings. The van der Waals surface area contributed by atoms with Crippen molar-refractivity contribution in [1.29, 1.82) is 0 Å². The molecule has 1 aromatic carbocycles. The van der Waals surface area contributed by atoms with E-state index in [1.807, 2.05) is 23.1 Å². The fourth-order valence-electron chi connectivity index (χ4n) is 4.35. The fraction of sp³-hybridized carbons (Fsp3) is 0.500. The number of aryl methyl sites for hydroxylation is 2. The summed E-state index contributed by atoms with van der Waals surface area (Å²) in [5, 5.41) is 3.71. The summed E-state index contributed by atoms with van der Waals surface area (Å²) >= 11 is 1.62. The van der Waals surface area contributed by atoms with Crippen LogP contribution in [0.25, 0.3) is 0 Å². The molecule has 1 N–H and O–H groups in total. The molecule has 1 aliphatic heterocycles. The van der Waals surface area contributed by atoms with Gasteiger partial charge in [-0.05, 0) is 43.2 Å². The zero-order chi connectivity index (χ0) is 19.5. The third kappa shape index (κ3) is 4.12. The number of rotatable bonds is 3. The molecule has 5 nitrogen and oxygen atoms in total. The van der Waals surface area contributed by atoms with E-state index in [4.69, 9.17) is 0 Å². The van der Waals surface area contributed by atoms with Crippen molar-refractivity contribution in [3.63, 3.8) is 0 Å². The van der Waals surface area contributed by atoms with E-state index < -0.39 is 0 Å². The van der Waals surface area contributed by atoms with Crippen LogP contribution < -0.4 is 5.32 Å². The third-order valence-electron chi connectivity index (χ3n) is 5.79. The van der Waals surface area contributed by atoms with Crippen molar-refractivity contribution in [3.8, 4) is 0 Å². The Balaban J connectivity index is 1.49. The summed E-state index contributed by atoms with van der Waals surface area (Å²) in [5.74, 6) is -0.0563. The highest BCUT2D eigenvalue weighted by molar-refractivity contribution is 7.15. The average molecular weight is 398 g/mol. The molecular weight excluding hydrogens is 370 g/mol. The number of aromatic nitrogens is 1. The van der Waals surface area contributed by atoms with E-state index >= 15 is 0 Å². The summed E-state index contributed by atoms with van der Waals surface area (Å²) in [6.45, 7) is 2.25. The van der Waals surface area contributed by atoms with Gasteiger partial charge in [0.25, 0.3) is 0 Å². The number of nitrogens with one attached hydrogen (secondary N) is 1. The molecule has 1 atom stereocenters. The van der Waals surface area contributed by atoms with Crippen LogP contribution in [0.2, 0.25) is 0 Å². The summed E-state index contributed by atoms with van der Waals surface area (Å²) < 4.78 is 0. The average Bonchev–Trinajstić information content (AvgIpc) is 3.02. The van der Waals surface area contributed by atoms with E-state index in [1.165, 1.54) is 36.1 Å². The number of fused-ring (bicyclic) bond motifs is 2. The van der Waals surface area contributed by atoms with Crippen LogP contribution >= 0.6 is 11.3 Å². The molecule has 4 rings (SSSR count). The van der Waals surface area contributed by atoms with Crippen molar-refractivity contribution in [3.05, 3.63) is 46.0 Å². The Morgan fingerprint density at radius 3 is 2.75 bits per heavy atom. The smallest absolute Gasteiger partial charge is 0.228 e. The second-order valence-corrected chi connectivity index (χ2v) is 8.82. The van der Waals surface area contributed by atoms with Gasteiger partial charge in [0.05, 0.1) is 18.2 Å². The minimum absolute atomic E-state index is 0.0181. The minimum atomic E-state index is -0.205. The number of amides is 2. The zero-order valence-electron chi connectivity index (χ0n) is 16.4. The maximum atomic E-state index is 12.8. The van der Waals surface area contributed by atoms with Crippen molar-refractivity contribution >= 4 is 28.3 Å². The van der Waals surface area contributed by atoms with Crippen molar-refractivity contribution in [2.45, 2.75) is 64.3 Å². The molecule has 2 aromatic rings. The fourth-order valence-corrected chi connectivity index (χ4v) is 5.42. The molecule has 2 amide bonds. The van der Waals surface area contributed by atoms with Crippen LogP contribution in [0.15, 0.2) is 24.3 Å². The lowest BCUT2D eigenvalue weighted by molar-refractivity contribution is -0.132. The molecule has 2 heterocycles. The second kappa shape index (κ2) is 8.43. The topological polar surface area (TPSA) is 62.3 Å². The Morgan fingerprint density at radius 1 is 1.14 bits per heavy atom. The maximum absolute atomic E-state index is 12.8. The Hall–Kier alpha value is -2.21. The first-order chi connectivity index (χ1) is 13.6. The third-order valence-corrected chi connectivity index (χ3v) is 6.86. The van der Waals surface area contributed by atoms with Crippen LogP contribution in [0.1, 0.15) is 66.8 Å². The molecule has 1 aromatic heterocycles. The van der Waals surface area contributed by atoms with Gasteiger partial charge in [0.2, 0.25) is 11.8 Å². The molecule has 28 heavy (non-hydrogen) atoms. The molecule has 0 bridgehead atoms. The van der Waals surface area contributed by atoms with Crippen LogP contribution in [-0.4, -0.2) is 28.2 Å². The number of carbonyl (C=O) groups excluding carboxylic acids is 2. The van der Waals surface area contributed by atoms with Gasteiger partial charge in [-0.3, -0.25) is 9.59 Å². The number of hydrogen-bond acceptors (Lipinski definition) is 4. The predicted molar refractivity (Wildman–Crippen MR) is 112 cm³/mol. The number of benzene rings is 1. The predicted octanol–water partition coefficient (Wildman–Crippen LogP) is 4.28.